The molecule has 0 spiro atoms. The molecule has 2 aromatic carbocycles. The summed E-state index contributed by atoms with van der Waals surface area (Å²) in [5, 5.41) is 35.4. The zero-order valence-electron chi connectivity index (χ0n) is 37.6. The minimum Gasteiger partial charge on any atom is -0.320 e. The summed E-state index contributed by atoms with van der Waals surface area (Å²) < 4.78 is 81.5. The number of carbonyl (C=O) groups is 6. The zero-order valence-corrected chi connectivity index (χ0v) is 47.3. The third-order valence-corrected chi connectivity index (χ3v) is 10.7. The van der Waals surface area contributed by atoms with Crippen LogP contribution < -0.4 is 34.9 Å². The van der Waals surface area contributed by atoms with Gasteiger partial charge < -0.3 is 35.9 Å². The Labute approximate surface area is 457 Å². The summed E-state index contributed by atoms with van der Waals surface area (Å²) in [4.78, 5) is 72.1. The van der Waals surface area contributed by atoms with Crippen molar-refractivity contribution in [3.05, 3.63) is 130 Å². The summed E-state index contributed by atoms with van der Waals surface area (Å²) in [6, 6.07) is 10.6. The number of amides is 3. The summed E-state index contributed by atoms with van der Waals surface area (Å²) >= 11 is 5.30. The van der Waals surface area contributed by atoms with Crippen molar-refractivity contribution >= 4 is 120 Å². The van der Waals surface area contributed by atoms with Crippen LogP contribution in [-0.4, -0.2) is 92.2 Å². The maximum absolute atomic E-state index is 13.6. The molecule has 0 radical (unpaired) electrons. The van der Waals surface area contributed by atoms with Crippen molar-refractivity contribution in [2.45, 2.75) is 62.5 Å². The molecule has 0 saturated heterocycles. The molecule has 2 aliphatic rings. The van der Waals surface area contributed by atoms with Gasteiger partial charge in [-0.3, -0.25) is 24.0 Å². The van der Waals surface area contributed by atoms with Gasteiger partial charge in [0.25, 0.3) is 41.1 Å². The molecule has 30 heteroatoms. The summed E-state index contributed by atoms with van der Waals surface area (Å²) in [7, 11) is 3.02. The van der Waals surface area contributed by atoms with Crippen molar-refractivity contribution in [1.29, 1.82) is 0 Å². The summed E-state index contributed by atoms with van der Waals surface area (Å²) in [6.07, 6.45) is 3.03. The van der Waals surface area contributed by atoms with E-state index in [9.17, 15) is 55.1 Å². The van der Waals surface area contributed by atoms with Crippen molar-refractivity contribution in [2.24, 2.45) is 19.8 Å². The summed E-state index contributed by atoms with van der Waals surface area (Å²) in [5.74, 6) is -12.3. The van der Waals surface area contributed by atoms with Crippen molar-refractivity contribution in [3.8, 4) is 0 Å². The van der Waals surface area contributed by atoms with Gasteiger partial charge in [0, 0.05) is 74.7 Å². The van der Waals surface area contributed by atoms with Crippen LogP contribution in [-0.2, 0) is 34.8 Å². The molecule has 8 rings (SSSR count). The van der Waals surface area contributed by atoms with Gasteiger partial charge in [0.1, 0.15) is 34.4 Å². The molecule has 0 aliphatic heterocycles. The zero-order chi connectivity index (χ0) is 51.9. The molecule has 4 aromatic heterocycles. The number of aliphatic carboxylic acids is 1. The average molecular weight is 1480 g/mol. The number of anilines is 2. The van der Waals surface area contributed by atoms with Gasteiger partial charge >= 0.3 is 56.5 Å². The minimum atomic E-state index is -3.01. The number of benzene rings is 2. The van der Waals surface area contributed by atoms with E-state index in [1.54, 1.807) is 13.8 Å². The molecule has 2 aliphatic carbocycles. The molecular weight excluding hydrogens is 1440 g/mol. The van der Waals surface area contributed by atoms with Gasteiger partial charge in [-0.05, 0) is 73.5 Å². The van der Waals surface area contributed by atoms with Crippen LogP contribution >= 0.6 is 73.6 Å². The second kappa shape index (κ2) is 25.5. The number of carboxylic acid groups (broad SMARTS) is 1. The van der Waals surface area contributed by atoms with E-state index in [1.165, 1.54) is 96.5 Å². The molecule has 2 saturated carbocycles. The standard InChI is InChI=1S/C21H19F3N6O3.C15H13FN2O4.C6H8F2N4.ClH.I3.HI/c1-11-5-13(3-4-14(11)22)26-18(32)15-6-12(8-30(15)2)17(31)19(33)27-20(9-21(23,24)10-20)16-7-25-29-28-16;1-8-5-10(3-4-11(8)16)17-14(20)12-6-9(7-18(12)2)13(19)15(21)22;7-6(8)2-5(9,3-6)4-1-10-12-11-4;;1-3-2;/h3-8H,9-10H2,1-2H3,(H,26,32)(H,27,33)(H,25,28,29);3-7H,1-2H3,(H,17,20)(H,21,22);1H,2-3,9H2,(H,10,11,12);1H;;1H/q;;;;-1;. The Morgan fingerprint density at radius 2 is 1.11 bits per heavy atom. The van der Waals surface area contributed by atoms with Gasteiger partial charge in [-0.2, -0.15) is 30.8 Å². The third kappa shape index (κ3) is 15.4. The van der Waals surface area contributed by atoms with Gasteiger partial charge in [-0.15, -0.1) is 36.4 Å². The van der Waals surface area contributed by atoms with E-state index in [2.05, 4.69) is 84.0 Å². The monoisotopic (exact) mass is 1480 g/mol. The predicted molar refractivity (Wildman–Crippen MR) is 273 cm³/mol. The molecule has 72 heavy (non-hydrogen) atoms. The number of rotatable bonds is 11. The number of Topliss-reactive ketones (excluding diaryl/α,β-unsaturated/α-hetero) is 2. The Morgan fingerprint density at radius 3 is 1.47 bits per heavy atom. The fourth-order valence-electron chi connectivity index (χ4n) is 7.28. The van der Waals surface area contributed by atoms with E-state index in [1.807, 2.05) is 0 Å². The number of alkyl halides is 4. The van der Waals surface area contributed by atoms with Gasteiger partial charge in [0.2, 0.25) is 0 Å². The SMILES string of the molecule is Cc1cc(NC(=O)c2cc(C(=O)C(=O)NC3(c4cn[nH]n4)CC(F)(F)C3)cn2C)ccc1F.Cc1cc(NC(=O)c2cc(C(=O)C(=O)O)cn2C)ccc1F.Cl.I.I[I-]I.NC1(c2cn[nH]n2)CC(F)(F)C1. The normalized spacial score (nSPS) is 15.0. The molecule has 0 atom stereocenters. The van der Waals surface area contributed by atoms with Crippen LogP contribution in [0, 0.1) is 25.5 Å². The van der Waals surface area contributed by atoms with Crippen LogP contribution in [0.3, 0.4) is 0 Å². The number of H-pyrrole nitrogens is 2. The van der Waals surface area contributed by atoms with E-state index in [-0.39, 0.29) is 83.3 Å². The first-order valence-corrected chi connectivity index (χ1v) is 32.6. The Kier molecular flexibility index (Phi) is 21.8. The number of halogens is 11. The molecule has 0 unspecified atom stereocenters. The Bertz CT molecular complexity index is 2910. The van der Waals surface area contributed by atoms with Crippen molar-refractivity contribution in [1.82, 2.24) is 45.3 Å². The molecule has 3 amide bonds. The van der Waals surface area contributed by atoms with Crippen molar-refractivity contribution < 1.29 is 73.5 Å². The van der Waals surface area contributed by atoms with Gasteiger partial charge in [0.15, 0.2) is 0 Å². The van der Waals surface area contributed by atoms with Gasteiger partial charge in [0.05, 0.1) is 23.5 Å². The summed E-state index contributed by atoms with van der Waals surface area (Å²) in [6.45, 7) is 3.11. The topological polar surface area (TPSA) is 278 Å². The van der Waals surface area contributed by atoms with Gasteiger partial charge in [-0.1, -0.05) is 0 Å². The van der Waals surface area contributed by atoms with E-state index in [0.29, 0.717) is 41.5 Å². The predicted octanol–water partition coefficient (Wildman–Crippen LogP) is 4.66. The number of aryl methyl sites for hydroxylation is 4. The van der Waals surface area contributed by atoms with E-state index >= 15 is 0 Å². The number of nitrogens with one attached hydrogen (secondary N) is 5. The second-order valence-electron chi connectivity index (χ2n) is 16.1. The molecule has 0 bridgehead atoms. The molecule has 8 N–H and O–H groups in total. The number of hydrogen-bond donors (Lipinski definition) is 7. The second-order valence-corrected chi connectivity index (χ2v) is 32.4. The first-order chi connectivity index (χ1) is 32.7. The number of carbonyl (C=O) groups excluding carboxylic acids is 5. The third-order valence-electron chi connectivity index (χ3n) is 10.7. The number of carboxylic acids is 1. The number of ketones is 2. The van der Waals surface area contributed by atoms with Crippen molar-refractivity contribution in [3.63, 3.8) is 0 Å². The Balaban J connectivity index is 0.000000301. The van der Waals surface area contributed by atoms with Crippen molar-refractivity contribution in [2.75, 3.05) is 10.6 Å². The molecule has 4 heterocycles. The molecule has 19 nitrogen and oxygen atoms in total. The molecule has 6 aromatic rings. The quantitative estimate of drug-likeness (QED) is 0.0404. The molecular formula is C42H42ClF6I4N12O7-. The van der Waals surface area contributed by atoms with E-state index in [0.717, 1.165) is 0 Å². The van der Waals surface area contributed by atoms with E-state index in [4.69, 9.17) is 10.8 Å². The fourth-order valence-corrected chi connectivity index (χ4v) is 7.28. The first kappa shape index (κ1) is 61.5. The number of nitrogens with zero attached hydrogens (tertiary/aromatic N) is 6. The first-order valence-electron chi connectivity index (χ1n) is 20.0. The number of aromatic nitrogens is 8. The molecule has 2 fully saturated rings. The van der Waals surface area contributed by atoms with Crippen LogP contribution in [0.2, 0.25) is 0 Å². The largest absolute Gasteiger partial charge is 0.320 e. The molecule has 390 valence electrons. The minimum absolute atomic E-state index is 0. The number of aromatic amines is 2. The Hall–Kier alpha value is -4.75. The number of hydrogen-bond acceptors (Lipinski definition) is 11. The average Bonchev–Trinajstić information content (AvgIpc) is 4.11. The van der Waals surface area contributed by atoms with Crippen LogP contribution in [0.4, 0.5) is 37.7 Å². The van der Waals surface area contributed by atoms with Gasteiger partial charge in [-0.25, -0.2) is 31.1 Å². The smallest absolute Gasteiger partial charge is 0.252 e. The summed E-state index contributed by atoms with van der Waals surface area (Å²) in [5.41, 5.74) is 5.13. The van der Waals surface area contributed by atoms with Crippen LogP contribution in [0.25, 0.3) is 0 Å². The fraction of sp³-hybridized carbons (Fsp3) is 0.286. The van der Waals surface area contributed by atoms with Crippen LogP contribution in [0.1, 0.15) is 89.9 Å². The Morgan fingerprint density at radius 1 is 0.708 bits per heavy atom. The number of nitrogens with two attached hydrogens (primary N) is 1. The van der Waals surface area contributed by atoms with Crippen LogP contribution in [0.15, 0.2) is 73.3 Å². The van der Waals surface area contributed by atoms with Crippen LogP contribution in [0.5, 0.6) is 0 Å². The maximum atomic E-state index is 13.6. The van der Waals surface area contributed by atoms with E-state index < -0.39 is 76.8 Å². The maximum Gasteiger partial charge on any atom is 0.252 e.